The van der Waals surface area contributed by atoms with Gasteiger partial charge in [-0.2, -0.15) is 65.9 Å². The molecule has 4 rings (SSSR count). The molecule has 2 aliphatic rings. The van der Waals surface area contributed by atoms with Gasteiger partial charge < -0.3 is 14.1 Å². The quantitative estimate of drug-likeness (QED) is 0.0653. The summed E-state index contributed by atoms with van der Waals surface area (Å²) >= 11 is 0. The Morgan fingerprint density at radius 2 is 1.22 bits per heavy atom. The number of halogens is 17. The van der Waals surface area contributed by atoms with Gasteiger partial charge in [0.05, 0.1) is 11.0 Å². The normalized spacial score (nSPS) is 13.9. The molecule has 1 aliphatic carbocycles. The van der Waals surface area contributed by atoms with Crippen LogP contribution in [0.3, 0.4) is 0 Å². The van der Waals surface area contributed by atoms with Gasteiger partial charge in [0, 0.05) is 36.3 Å². The van der Waals surface area contributed by atoms with E-state index < -0.39 is 87.0 Å². The van der Waals surface area contributed by atoms with E-state index in [1.807, 2.05) is 18.7 Å². The topological polar surface area (TPSA) is 55.6 Å². The summed E-state index contributed by atoms with van der Waals surface area (Å²) in [5.41, 5.74) is -24.2. The van der Waals surface area contributed by atoms with Crippen LogP contribution >= 0.6 is 0 Å². The number of alkyl halides is 17. The number of aromatic nitrogens is 1. The van der Waals surface area contributed by atoms with E-state index in [0.29, 0.717) is 30.9 Å². The van der Waals surface area contributed by atoms with E-state index >= 15 is 8.78 Å². The number of unbranched alkanes of at least 4 members (excludes halogenated alkanes) is 2. The lowest BCUT2D eigenvalue weighted by molar-refractivity contribution is -0.365. The largest absolute Gasteiger partial charge is 0.453 e. The van der Waals surface area contributed by atoms with Crippen molar-refractivity contribution in [3.63, 3.8) is 0 Å². The van der Waals surface area contributed by atoms with Crippen molar-refractivity contribution >= 4 is 27.6 Å². The molecule has 2 aromatic rings. The number of hydrogen-bond acceptors (Lipinski definition) is 5. The molecule has 0 N–H and O–H groups in total. The third-order valence-corrected chi connectivity index (χ3v) is 8.30. The van der Waals surface area contributed by atoms with Crippen molar-refractivity contribution in [2.24, 2.45) is 0 Å². The van der Waals surface area contributed by atoms with E-state index in [1.165, 1.54) is 18.2 Å². The van der Waals surface area contributed by atoms with Gasteiger partial charge >= 0.3 is 42.2 Å². The highest BCUT2D eigenvalue weighted by Crippen LogP contribution is 2.63. The Kier molecular flexibility index (Phi) is 11.4. The minimum Gasteiger partial charge on any atom is -0.453 e. The maximum Gasteiger partial charge on any atom is 0.449 e. The Hall–Kier alpha value is -4.53. The van der Waals surface area contributed by atoms with E-state index in [2.05, 4.69) is 9.72 Å². The summed E-state index contributed by atoms with van der Waals surface area (Å²) in [6.45, 7) is 5.01. The average Bonchev–Trinajstić information content (AvgIpc) is 3.04. The Labute approximate surface area is 297 Å². The molecule has 0 unspecified atom stereocenters. The van der Waals surface area contributed by atoms with Gasteiger partial charge in [-0.3, -0.25) is 4.79 Å². The molecule has 0 spiro atoms. The summed E-state index contributed by atoms with van der Waals surface area (Å²) in [4.78, 5) is 19.1. The molecule has 304 valence electrons. The number of benzene rings is 3. The first kappa shape index (κ1) is 43.2. The molecule has 0 saturated carbocycles. The zero-order valence-corrected chi connectivity index (χ0v) is 27.8. The van der Waals surface area contributed by atoms with Crippen molar-refractivity contribution in [1.82, 2.24) is 4.98 Å². The van der Waals surface area contributed by atoms with E-state index in [4.69, 9.17) is 4.42 Å². The van der Waals surface area contributed by atoms with Crippen molar-refractivity contribution in [2.45, 2.75) is 81.7 Å². The van der Waals surface area contributed by atoms with Crippen LogP contribution in [0.4, 0.5) is 80.3 Å². The highest BCUT2D eigenvalue weighted by Gasteiger charge is 2.88. The Bertz CT molecular complexity index is 2000. The maximum atomic E-state index is 15.3. The van der Waals surface area contributed by atoms with E-state index in [0.717, 1.165) is 31.7 Å². The van der Waals surface area contributed by atoms with Crippen LogP contribution in [0.15, 0.2) is 63.0 Å². The third kappa shape index (κ3) is 7.68. The van der Waals surface area contributed by atoms with Crippen molar-refractivity contribution in [2.75, 3.05) is 18.0 Å². The fourth-order valence-electron chi connectivity index (χ4n) is 5.62. The lowest BCUT2D eigenvalue weighted by atomic mass is 9.79. The van der Waals surface area contributed by atoms with Gasteiger partial charge in [0.2, 0.25) is 5.76 Å². The van der Waals surface area contributed by atoms with Crippen LogP contribution in [0.1, 0.15) is 39.5 Å². The number of allylic oxidation sites excluding steroid dienone is 2. The van der Waals surface area contributed by atoms with Gasteiger partial charge in [0.15, 0.2) is 16.8 Å². The molecule has 22 heteroatoms. The second-order valence-corrected chi connectivity index (χ2v) is 12.1. The Morgan fingerprint density at radius 1 is 0.709 bits per heavy atom. The SMILES string of the molecule is CCCCN(CCCC)c1ccc2nc3c4c(OC(=C(C(F)(C(F)(F)F)C(F)(F)F)C(F)(C(F)(F)F)C(F)(F)F)C(F)(F)F)cccc4c(=O)cc-3oc2c1. The average molecular weight is 821 g/mol. The fourth-order valence-corrected chi connectivity index (χ4v) is 5.62. The lowest BCUT2D eigenvalue weighted by Crippen LogP contribution is -2.67. The smallest absolute Gasteiger partial charge is 0.449 e. The number of nitrogens with zero attached hydrogens (tertiary/aromatic N) is 2. The molecule has 0 bridgehead atoms. The Morgan fingerprint density at radius 3 is 1.67 bits per heavy atom. The molecule has 2 aromatic carbocycles. The fraction of sp³-hybridized carbons (Fsp3) is 0.455. The van der Waals surface area contributed by atoms with Crippen molar-refractivity contribution < 1.29 is 83.8 Å². The first-order valence-corrected chi connectivity index (χ1v) is 15.8. The van der Waals surface area contributed by atoms with Gasteiger partial charge in [-0.1, -0.05) is 38.8 Å². The van der Waals surface area contributed by atoms with E-state index in [9.17, 15) is 70.7 Å². The summed E-state index contributed by atoms with van der Waals surface area (Å²) in [6.07, 6.45) is -37.0. The zero-order chi connectivity index (χ0) is 41.7. The summed E-state index contributed by atoms with van der Waals surface area (Å²) in [5, 5.41) is -2.05. The summed E-state index contributed by atoms with van der Waals surface area (Å²) in [7, 11) is 0. The van der Waals surface area contributed by atoms with Crippen LogP contribution in [0.2, 0.25) is 0 Å². The first-order valence-electron chi connectivity index (χ1n) is 15.8. The van der Waals surface area contributed by atoms with Crippen LogP contribution < -0.4 is 15.1 Å². The van der Waals surface area contributed by atoms with Crippen LogP contribution in [-0.4, -0.2) is 60.3 Å². The van der Waals surface area contributed by atoms with E-state index in [1.54, 1.807) is 0 Å². The minimum absolute atomic E-state index is 0.103. The van der Waals surface area contributed by atoms with Crippen LogP contribution in [0, 0.1) is 0 Å². The molecule has 0 atom stereocenters. The van der Waals surface area contributed by atoms with Crippen molar-refractivity contribution in [1.29, 1.82) is 0 Å². The second kappa shape index (κ2) is 14.5. The third-order valence-electron chi connectivity index (χ3n) is 8.30. The molecule has 0 saturated heterocycles. The number of hydrogen-bond donors (Lipinski definition) is 0. The molecule has 0 aromatic heterocycles. The van der Waals surface area contributed by atoms with Crippen molar-refractivity contribution in [3.05, 3.63) is 64.0 Å². The molecule has 0 amide bonds. The summed E-state index contributed by atoms with van der Waals surface area (Å²) in [5.74, 6) is -7.26. The molecule has 0 fully saturated rings. The lowest BCUT2D eigenvalue weighted by Gasteiger charge is -2.41. The van der Waals surface area contributed by atoms with Gasteiger partial charge in [-0.25, -0.2) is 13.8 Å². The molecule has 1 aliphatic heterocycles. The summed E-state index contributed by atoms with van der Waals surface area (Å²) < 4.78 is 249. The highest BCUT2D eigenvalue weighted by atomic mass is 19.4. The zero-order valence-electron chi connectivity index (χ0n) is 27.8. The predicted octanol–water partition coefficient (Wildman–Crippen LogP) is 11.7. The monoisotopic (exact) mass is 820 g/mol. The first-order chi connectivity index (χ1) is 25.1. The maximum absolute atomic E-state index is 15.3. The molecule has 1 heterocycles. The van der Waals surface area contributed by atoms with Crippen LogP contribution in [0.25, 0.3) is 33.3 Å². The van der Waals surface area contributed by atoms with Gasteiger partial charge in [0.1, 0.15) is 17.0 Å². The van der Waals surface area contributed by atoms with E-state index in [-0.39, 0.29) is 17.2 Å². The van der Waals surface area contributed by atoms with Gasteiger partial charge in [0.25, 0.3) is 0 Å². The van der Waals surface area contributed by atoms with Crippen LogP contribution in [-0.2, 0) is 0 Å². The molecular formula is C33H25F17N2O3. The standard InChI is InChI=1S/C33H25F17N2O3/c1-3-5-12-52(13-6-4-2)16-10-11-18-21(14-16)54-22-15-19(53)17-8-7-9-20(23(17)24(22)51-18)55-26(29(36,37)38)25(27(34,30(39,40)41)31(42,43)44)28(35,32(45,46)47)33(48,49)50/h7-11,14-15H,3-6,12-13H2,1-2H3. The minimum atomic E-state index is -8.37. The highest BCUT2D eigenvalue weighted by molar-refractivity contribution is 6.00. The second-order valence-electron chi connectivity index (χ2n) is 12.1. The predicted molar refractivity (Wildman–Crippen MR) is 162 cm³/mol. The van der Waals surface area contributed by atoms with Crippen molar-refractivity contribution in [3.8, 4) is 17.2 Å². The Balaban J connectivity index is 2.16. The molecular weight excluding hydrogens is 795 g/mol. The van der Waals surface area contributed by atoms with Gasteiger partial charge in [-0.15, -0.1) is 0 Å². The summed E-state index contributed by atoms with van der Waals surface area (Å²) in [6, 6.07) is 6.27. The molecule has 5 nitrogen and oxygen atoms in total. The number of ether oxygens (including phenoxy) is 1. The molecule has 0 radical (unpaired) electrons. The van der Waals surface area contributed by atoms with Gasteiger partial charge in [-0.05, 0) is 31.0 Å². The molecule has 55 heavy (non-hydrogen) atoms. The number of rotatable bonds is 11. The van der Waals surface area contributed by atoms with Crippen LogP contribution in [0.5, 0.6) is 5.75 Å². The number of fused-ring (bicyclic) bond motifs is 4. The number of anilines is 1.